The van der Waals surface area contributed by atoms with E-state index in [4.69, 9.17) is 8.92 Å². The molecule has 0 aliphatic carbocycles. The predicted molar refractivity (Wildman–Crippen MR) is 115 cm³/mol. The second kappa shape index (κ2) is 9.75. The molecule has 2 N–H and O–H groups in total. The number of aryl methyl sites for hydroxylation is 1. The Balaban J connectivity index is 1.54. The zero-order valence-electron chi connectivity index (χ0n) is 16.9. The summed E-state index contributed by atoms with van der Waals surface area (Å²) in [5.74, 6) is 0.989. The third-order valence-electron chi connectivity index (χ3n) is 4.61. The van der Waals surface area contributed by atoms with Crippen molar-refractivity contribution in [2.45, 2.75) is 24.5 Å². The number of nitrogens with one attached hydrogen (secondary N) is 1. The minimum atomic E-state index is -3.90. The van der Waals surface area contributed by atoms with Crippen molar-refractivity contribution >= 4 is 10.1 Å². The van der Waals surface area contributed by atoms with Gasteiger partial charge in [0.1, 0.15) is 16.4 Å². The maximum Gasteiger partial charge on any atom is 0.339 e. The number of hydrogen-bond acceptors (Lipinski definition) is 6. The van der Waals surface area contributed by atoms with Gasteiger partial charge in [-0.05, 0) is 54.4 Å². The van der Waals surface area contributed by atoms with Crippen LogP contribution in [0.15, 0.2) is 77.7 Å². The molecule has 30 heavy (non-hydrogen) atoms. The van der Waals surface area contributed by atoms with Gasteiger partial charge in [-0.3, -0.25) is 0 Å². The molecule has 0 bridgehead atoms. The Labute approximate surface area is 177 Å². The molecule has 3 aromatic carbocycles. The van der Waals surface area contributed by atoms with Gasteiger partial charge in [-0.25, -0.2) is 0 Å². The normalized spacial score (nSPS) is 12.4. The van der Waals surface area contributed by atoms with Crippen molar-refractivity contribution in [2.75, 3.05) is 13.7 Å². The first-order valence-electron chi connectivity index (χ1n) is 9.50. The number of ether oxygens (including phenoxy) is 1. The van der Waals surface area contributed by atoms with E-state index in [1.54, 1.807) is 31.4 Å². The van der Waals surface area contributed by atoms with E-state index in [9.17, 15) is 13.5 Å². The van der Waals surface area contributed by atoms with E-state index in [0.717, 1.165) is 16.9 Å². The quantitative estimate of drug-likeness (QED) is 0.508. The minimum absolute atomic E-state index is 0.0972. The monoisotopic (exact) mass is 427 g/mol. The minimum Gasteiger partial charge on any atom is -0.497 e. The van der Waals surface area contributed by atoms with Gasteiger partial charge in [-0.2, -0.15) is 8.42 Å². The van der Waals surface area contributed by atoms with Gasteiger partial charge in [0.15, 0.2) is 0 Å². The van der Waals surface area contributed by atoms with Gasteiger partial charge in [-0.15, -0.1) is 0 Å². The molecule has 0 amide bonds. The molecule has 0 aliphatic heterocycles. The van der Waals surface area contributed by atoms with Gasteiger partial charge in [0.2, 0.25) is 0 Å². The SMILES string of the molecule is COc1ccc(CNCC(O)c2ccc(OS(=O)(=O)c3ccc(C)cc3)cc2)cc1. The summed E-state index contributed by atoms with van der Waals surface area (Å²) in [6, 6.07) is 20.5. The van der Waals surface area contributed by atoms with Gasteiger partial charge >= 0.3 is 10.1 Å². The molecule has 6 nitrogen and oxygen atoms in total. The first kappa shape index (κ1) is 21.8. The first-order valence-corrected chi connectivity index (χ1v) is 10.9. The average Bonchev–Trinajstić information content (AvgIpc) is 2.74. The van der Waals surface area contributed by atoms with Crippen LogP contribution < -0.4 is 14.2 Å². The highest BCUT2D eigenvalue weighted by Gasteiger charge is 2.16. The molecule has 7 heteroatoms. The lowest BCUT2D eigenvalue weighted by Gasteiger charge is -2.13. The van der Waals surface area contributed by atoms with Crippen LogP contribution in [-0.2, 0) is 16.7 Å². The molecule has 0 heterocycles. The van der Waals surface area contributed by atoms with E-state index in [1.165, 1.54) is 24.3 Å². The third-order valence-corrected chi connectivity index (χ3v) is 5.87. The van der Waals surface area contributed by atoms with Crippen molar-refractivity contribution in [1.29, 1.82) is 0 Å². The molecule has 3 rings (SSSR count). The van der Waals surface area contributed by atoms with Gasteiger partial charge < -0.3 is 19.3 Å². The van der Waals surface area contributed by atoms with Crippen LogP contribution in [0.4, 0.5) is 0 Å². The summed E-state index contributed by atoms with van der Waals surface area (Å²) in [5.41, 5.74) is 2.71. The van der Waals surface area contributed by atoms with Crippen molar-refractivity contribution < 1.29 is 22.4 Å². The molecular weight excluding hydrogens is 402 g/mol. The number of rotatable bonds is 9. The lowest BCUT2D eigenvalue weighted by Crippen LogP contribution is -2.21. The Morgan fingerprint density at radius 3 is 2.10 bits per heavy atom. The lowest BCUT2D eigenvalue weighted by molar-refractivity contribution is 0.174. The largest absolute Gasteiger partial charge is 0.497 e. The fraction of sp³-hybridized carbons (Fsp3) is 0.217. The summed E-state index contributed by atoms with van der Waals surface area (Å²) in [6.07, 6.45) is -0.731. The second-order valence-electron chi connectivity index (χ2n) is 6.91. The maximum absolute atomic E-state index is 12.4. The highest BCUT2D eigenvalue weighted by molar-refractivity contribution is 7.87. The molecule has 158 valence electrons. The Kier molecular flexibility index (Phi) is 7.10. The highest BCUT2D eigenvalue weighted by atomic mass is 32.2. The van der Waals surface area contributed by atoms with Crippen molar-refractivity contribution in [3.63, 3.8) is 0 Å². The van der Waals surface area contributed by atoms with E-state index < -0.39 is 16.2 Å². The second-order valence-corrected chi connectivity index (χ2v) is 8.46. The number of aliphatic hydroxyl groups excluding tert-OH is 1. The summed E-state index contributed by atoms with van der Waals surface area (Å²) >= 11 is 0. The van der Waals surface area contributed by atoms with E-state index in [1.807, 2.05) is 31.2 Å². The van der Waals surface area contributed by atoms with Crippen LogP contribution >= 0.6 is 0 Å². The van der Waals surface area contributed by atoms with Crippen LogP contribution in [-0.4, -0.2) is 27.2 Å². The molecule has 0 radical (unpaired) electrons. The van der Waals surface area contributed by atoms with Crippen LogP contribution in [0.25, 0.3) is 0 Å². The fourth-order valence-electron chi connectivity index (χ4n) is 2.84. The van der Waals surface area contributed by atoms with Crippen molar-refractivity contribution in [3.8, 4) is 11.5 Å². The van der Waals surface area contributed by atoms with Crippen LogP contribution in [0.5, 0.6) is 11.5 Å². The summed E-state index contributed by atoms with van der Waals surface area (Å²) in [6.45, 7) is 2.85. The number of methoxy groups -OCH3 is 1. The highest BCUT2D eigenvalue weighted by Crippen LogP contribution is 2.22. The summed E-state index contributed by atoms with van der Waals surface area (Å²) in [7, 11) is -2.27. The molecular formula is C23H25NO5S. The molecule has 3 aromatic rings. The lowest BCUT2D eigenvalue weighted by atomic mass is 10.1. The summed E-state index contributed by atoms with van der Waals surface area (Å²) in [5, 5.41) is 13.6. The van der Waals surface area contributed by atoms with Gasteiger partial charge in [0, 0.05) is 13.1 Å². The molecule has 1 unspecified atom stereocenters. The Hall–Kier alpha value is -2.87. The van der Waals surface area contributed by atoms with Gasteiger partial charge in [0.05, 0.1) is 13.2 Å². The molecule has 0 fully saturated rings. The van der Waals surface area contributed by atoms with Crippen LogP contribution in [0.1, 0.15) is 22.8 Å². The average molecular weight is 428 g/mol. The van der Waals surface area contributed by atoms with E-state index in [0.29, 0.717) is 18.7 Å². The van der Waals surface area contributed by atoms with Crippen LogP contribution in [0.3, 0.4) is 0 Å². The molecule has 1 atom stereocenters. The van der Waals surface area contributed by atoms with Crippen LogP contribution in [0, 0.1) is 6.92 Å². The van der Waals surface area contributed by atoms with E-state index in [2.05, 4.69) is 5.32 Å². The number of benzene rings is 3. The maximum atomic E-state index is 12.4. The third kappa shape index (κ3) is 5.82. The van der Waals surface area contributed by atoms with Crippen LogP contribution in [0.2, 0.25) is 0 Å². The van der Waals surface area contributed by atoms with Gasteiger partial charge in [-0.1, -0.05) is 42.0 Å². The molecule has 0 saturated carbocycles. The summed E-state index contributed by atoms with van der Waals surface area (Å²) in [4.78, 5) is 0.0972. The first-order chi connectivity index (χ1) is 14.4. The number of hydrogen-bond donors (Lipinski definition) is 2. The van der Waals surface area contributed by atoms with E-state index in [-0.39, 0.29) is 10.6 Å². The molecule has 0 aromatic heterocycles. The van der Waals surface area contributed by atoms with Crippen molar-refractivity contribution in [2.24, 2.45) is 0 Å². The van der Waals surface area contributed by atoms with Crippen molar-refractivity contribution in [3.05, 3.63) is 89.5 Å². The Morgan fingerprint density at radius 1 is 0.900 bits per heavy atom. The molecule has 0 spiro atoms. The molecule has 0 saturated heterocycles. The molecule has 0 aliphatic rings. The number of aliphatic hydroxyl groups is 1. The Morgan fingerprint density at radius 2 is 1.50 bits per heavy atom. The zero-order valence-corrected chi connectivity index (χ0v) is 17.7. The standard InChI is InChI=1S/C23H25NO5S/c1-17-3-13-22(14-4-17)30(26,27)29-21-11-7-19(8-12-21)23(25)16-24-15-18-5-9-20(28-2)10-6-18/h3-14,23-25H,15-16H2,1-2H3. The van der Waals surface area contributed by atoms with Gasteiger partial charge in [0.25, 0.3) is 0 Å². The smallest absolute Gasteiger partial charge is 0.339 e. The van der Waals surface area contributed by atoms with E-state index >= 15 is 0 Å². The topological polar surface area (TPSA) is 84.9 Å². The fourth-order valence-corrected chi connectivity index (χ4v) is 3.77. The summed E-state index contributed by atoms with van der Waals surface area (Å²) < 4.78 is 35.0. The van der Waals surface area contributed by atoms with Crippen molar-refractivity contribution in [1.82, 2.24) is 5.32 Å². The Bertz CT molecular complexity index is 1050. The predicted octanol–water partition coefficient (Wildman–Crippen LogP) is 3.59. The zero-order chi connectivity index (χ0) is 21.6.